The van der Waals surface area contributed by atoms with Gasteiger partial charge in [0.05, 0.1) is 35.2 Å². The van der Waals surface area contributed by atoms with E-state index in [0.29, 0.717) is 40.5 Å². The van der Waals surface area contributed by atoms with Crippen LogP contribution >= 0.6 is 11.6 Å². The number of halogens is 1. The number of carbonyl (C=O) groups excluding carboxylic acids is 2. The monoisotopic (exact) mass is 473 g/mol. The first-order valence-corrected chi connectivity index (χ1v) is 11.4. The molecule has 1 aromatic carbocycles. The van der Waals surface area contributed by atoms with Gasteiger partial charge < -0.3 is 19.5 Å². The van der Waals surface area contributed by atoms with E-state index in [-0.39, 0.29) is 18.6 Å². The maximum Gasteiger partial charge on any atom is 0.513 e. The van der Waals surface area contributed by atoms with E-state index in [9.17, 15) is 9.59 Å². The molecule has 176 valence electrons. The van der Waals surface area contributed by atoms with Gasteiger partial charge in [-0.15, -0.1) is 0 Å². The van der Waals surface area contributed by atoms with E-state index in [2.05, 4.69) is 10.4 Å². The van der Waals surface area contributed by atoms with Gasteiger partial charge in [-0.25, -0.2) is 9.48 Å². The molecule has 4 rings (SSSR count). The molecule has 1 aromatic heterocycles. The van der Waals surface area contributed by atoms with E-state index in [4.69, 9.17) is 25.8 Å². The second-order valence-electron chi connectivity index (χ2n) is 8.39. The summed E-state index contributed by atoms with van der Waals surface area (Å²) in [7, 11) is 1.69. The summed E-state index contributed by atoms with van der Waals surface area (Å²) in [5, 5.41) is 8.40. The Balaban J connectivity index is 1.83. The summed E-state index contributed by atoms with van der Waals surface area (Å²) in [6, 6.07) is 7.29. The number of aromatic nitrogens is 2. The van der Waals surface area contributed by atoms with Crippen LogP contribution < -0.4 is 5.32 Å². The average Bonchev–Trinajstić information content (AvgIpc) is 3.21. The summed E-state index contributed by atoms with van der Waals surface area (Å²) in [5.41, 5.74) is 2.41. The summed E-state index contributed by atoms with van der Waals surface area (Å²) >= 11 is 6.04. The van der Waals surface area contributed by atoms with Crippen LogP contribution in [0.25, 0.3) is 11.3 Å². The molecule has 1 saturated carbocycles. The van der Waals surface area contributed by atoms with Crippen molar-refractivity contribution in [1.29, 1.82) is 0 Å². The minimum absolute atomic E-state index is 0.108. The highest BCUT2D eigenvalue weighted by atomic mass is 35.5. The van der Waals surface area contributed by atoms with Gasteiger partial charge in [-0.2, -0.15) is 5.10 Å². The van der Waals surface area contributed by atoms with Crippen LogP contribution in [0.2, 0.25) is 5.02 Å². The molecule has 9 heteroatoms. The Hall–Kier alpha value is -2.84. The van der Waals surface area contributed by atoms with E-state index in [1.165, 1.54) is 0 Å². The number of amides is 1. The van der Waals surface area contributed by atoms with E-state index >= 15 is 0 Å². The largest absolute Gasteiger partial charge is 0.513 e. The van der Waals surface area contributed by atoms with Crippen LogP contribution in [0.1, 0.15) is 49.6 Å². The Morgan fingerprint density at radius 3 is 2.52 bits per heavy atom. The Morgan fingerprint density at radius 1 is 1.24 bits per heavy atom. The number of benzene rings is 1. The molecule has 0 saturated heterocycles. The maximum atomic E-state index is 13.4. The Morgan fingerprint density at radius 2 is 1.91 bits per heavy atom. The lowest BCUT2D eigenvalue weighted by Gasteiger charge is -2.37. The van der Waals surface area contributed by atoms with Gasteiger partial charge in [0.1, 0.15) is 0 Å². The minimum Gasteiger partial charge on any atom is -0.434 e. The van der Waals surface area contributed by atoms with Crippen LogP contribution in [0.4, 0.5) is 4.79 Å². The molecule has 2 heterocycles. The van der Waals surface area contributed by atoms with E-state index in [1.54, 1.807) is 30.8 Å². The molecule has 1 amide bonds. The van der Waals surface area contributed by atoms with Gasteiger partial charge in [0.25, 0.3) is 5.91 Å². The van der Waals surface area contributed by atoms with Crippen molar-refractivity contribution >= 4 is 29.2 Å². The third-order valence-electron chi connectivity index (χ3n) is 6.42. The fourth-order valence-electron chi connectivity index (χ4n) is 4.80. The first-order valence-electron chi connectivity index (χ1n) is 11.1. The molecule has 1 aliphatic carbocycles. The first-order chi connectivity index (χ1) is 15.8. The third-order valence-corrected chi connectivity index (χ3v) is 6.67. The van der Waals surface area contributed by atoms with Gasteiger partial charge >= 0.3 is 6.16 Å². The number of nitrogens with zero attached hydrogens (tertiary/aromatic N) is 2. The predicted octanol–water partition coefficient (Wildman–Crippen LogP) is 4.48. The zero-order valence-corrected chi connectivity index (χ0v) is 20.0. The molecule has 2 aromatic rings. The second kappa shape index (κ2) is 9.19. The number of ether oxygens (including phenoxy) is 3. The standard InChI is InChI=1S/C24H28ClN3O5/c1-5-32-23(30)33-21-20(22(29)26-24(21)12-10-18(31-4)11-13-24)19-14(2)27-28(15(19)3)17-8-6-16(25)7-9-17/h6-9,18H,5,10-13H2,1-4H3,(H,26,29). The Bertz CT molecular complexity index is 1100. The van der Waals surface area contributed by atoms with Crippen LogP contribution in [0.3, 0.4) is 0 Å². The van der Waals surface area contributed by atoms with Gasteiger partial charge in [-0.05, 0) is 70.7 Å². The molecule has 1 N–H and O–H groups in total. The summed E-state index contributed by atoms with van der Waals surface area (Å²) in [6.07, 6.45) is 1.95. The van der Waals surface area contributed by atoms with Crippen molar-refractivity contribution in [2.45, 2.75) is 58.1 Å². The fourth-order valence-corrected chi connectivity index (χ4v) is 4.92. The summed E-state index contributed by atoms with van der Waals surface area (Å²) < 4.78 is 18.0. The molecule has 1 fully saturated rings. The first kappa shape index (κ1) is 23.3. The van der Waals surface area contributed by atoms with Gasteiger partial charge in [-0.3, -0.25) is 4.79 Å². The van der Waals surface area contributed by atoms with Crippen molar-refractivity contribution in [3.05, 3.63) is 52.0 Å². The number of hydrogen-bond acceptors (Lipinski definition) is 6. The van der Waals surface area contributed by atoms with Crippen molar-refractivity contribution in [3.8, 4) is 5.69 Å². The maximum absolute atomic E-state index is 13.4. The minimum atomic E-state index is -0.824. The lowest BCUT2D eigenvalue weighted by atomic mass is 9.79. The van der Waals surface area contributed by atoms with E-state index in [1.807, 2.05) is 26.0 Å². The van der Waals surface area contributed by atoms with Crippen LogP contribution in [0.15, 0.2) is 30.0 Å². The van der Waals surface area contributed by atoms with Crippen LogP contribution in [0.5, 0.6) is 0 Å². The average molecular weight is 474 g/mol. The molecule has 0 bridgehead atoms. The van der Waals surface area contributed by atoms with Crippen LogP contribution in [0, 0.1) is 13.8 Å². The van der Waals surface area contributed by atoms with Crippen molar-refractivity contribution in [3.63, 3.8) is 0 Å². The molecule has 2 aliphatic rings. The summed E-state index contributed by atoms with van der Waals surface area (Å²) in [4.78, 5) is 25.7. The predicted molar refractivity (Wildman–Crippen MR) is 123 cm³/mol. The molecular formula is C24H28ClN3O5. The molecule has 33 heavy (non-hydrogen) atoms. The SMILES string of the molecule is CCOC(=O)OC1=C(c2c(C)nn(-c3ccc(Cl)cc3)c2C)C(=O)NC12CCC(OC)CC2. The third kappa shape index (κ3) is 4.25. The summed E-state index contributed by atoms with van der Waals surface area (Å²) in [5.74, 6) is 0.0226. The highest BCUT2D eigenvalue weighted by Crippen LogP contribution is 2.45. The zero-order chi connectivity index (χ0) is 23.8. The van der Waals surface area contributed by atoms with Crippen molar-refractivity contribution < 1.29 is 23.8 Å². The second-order valence-corrected chi connectivity index (χ2v) is 8.83. The highest BCUT2D eigenvalue weighted by molar-refractivity contribution is 6.30. The van der Waals surface area contributed by atoms with Crippen molar-refractivity contribution in [2.75, 3.05) is 13.7 Å². The van der Waals surface area contributed by atoms with Crippen LogP contribution in [-0.2, 0) is 19.0 Å². The van der Waals surface area contributed by atoms with E-state index in [0.717, 1.165) is 24.2 Å². The van der Waals surface area contributed by atoms with Gasteiger partial charge in [0.15, 0.2) is 5.76 Å². The molecule has 1 aliphatic heterocycles. The number of nitrogens with one attached hydrogen (secondary N) is 1. The number of methoxy groups -OCH3 is 1. The molecular weight excluding hydrogens is 446 g/mol. The number of rotatable bonds is 5. The highest BCUT2D eigenvalue weighted by Gasteiger charge is 2.51. The van der Waals surface area contributed by atoms with Crippen molar-refractivity contribution in [1.82, 2.24) is 15.1 Å². The molecule has 1 spiro atoms. The van der Waals surface area contributed by atoms with E-state index < -0.39 is 11.7 Å². The lowest BCUT2D eigenvalue weighted by molar-refractivity contribution is -0.116. The molecule has 8 nitrogen and oxygen atoms in total. The quantitative estimate of drug-likeness (QED) is 0.643. The number of hydrogen-bond donors (Lipinski definition) is 1. The topological polar surface area (TPSA) is 91.7 Å². The fraction of sp³-hybridized carbons (Fsp3) is 0.458. The van der Waals surface area contributed by atoms with Gasteiger partial charge in [0.2, 0.25) is 0 Å². The molecule has 0 radical (unpaired) electrons. The molecule has 0 atom stereocenters. The van der Waals surface area contributed by atoms with Gasteiger partial charge in [0, 0.05) is 23.4 Å². The molecule has 0 unspecified atom stereocenters. The Labute approximate surface area is 197 Å². The smallest absolute Gasteiger partial charge is 0.434 e. The Kier molecular flexibility index (Phi) is 6.50. The van der Waals surface area contributed by atoms with Gasteiger partial charge in [-0.1, -0.05) is 11.6 Å². The zero-order valence-electron chi connectivity index (χ0n) is 19.2. The number of aryl methyl sites for hydroxylation is 1. The summed E-state index contributed by atoms with van der Waals surface area (Å²) in [6.45, 7) is 5.61. The van der Waals surface area contributed by atoms with Crippen molar-refractivity contribution in [2.24, 2.45) is 0 Å². The number of carbonyl (C=O) groups is 2. The normalized spacial score (nSPS) is 22.6. The van der Waals surface area contributed by atoms with Crippen LogP contribution in [-0.4, -0.2) is 47.2 Å². The lowest BCUT2D eigenvalue weighted by Crippen LogP contribution is -2.49.